The molecule has 2 fully saturated rings. The molecule has 4 rings (SSSR count). The van der Waals surface area contributed by atoms with E-state index in [1.165, 1.54) is 19.3 Å². The van der Waals surface area contributed by atoms with Crippen LogP contribution in [0.15, 0.2) is 28.9 Å². The van der Waals surface area contributed by atoms with E-state index in [0.29, 0.717) is 17.9 Å². The monoisotopic (exact) mass is 325 g/mol. The van der Waals surface area contributed by atoms with Gasteiger partial charge in [0.1, 0.15) is 6.26 Å². The minimum atomic E-state index is 0.0165. The Kier molecular flexibility index (Phi) is 3.79. The quantitative estimate of drug-likeness (QED) is 0.892. The van der Waals surface area contributed by atoms with Crippen LogP contribution in [0.4, 0.5) is 10.5 Å². The highest BCUT2D eigenvalue weighted by Gasteiger charge is 2.37. The van der Waals surface area contributed by atoms with Gasteiger partial charge in [-0.25, -0.2) is 9.78 Å². The highest BCUT2D eigenvalue weighted by molar-refractivity contribution is 5.90. The Hall–Kier alpha value is -2.30. The Morgan fingerprint density at radius 2 is 2.21 bits per heavy atom. The molecule has 2 amide bonds. The molecule has 1 saturated carbocycles. The lowest BCUT2D eigenvalue weighted by molar-refractivity contribution is 0.204. The molecule has 2 aromatic rings. The lowest BCUT2D eigenvalue weighted by atomic mass is 9.91. The van der Waals surface area contributed by atoms with Gasteiger partial charge in [0.25, 0.3) is 0 Å². The van der Waals surface area contributed by atoms with Crippen molar-refractivity contribution >= 4 is 11.7 Å². The third kappa shape index (κ3) is 2.79. The third-order valence-electron chi connectivity index (χ3n) is 5.25. The van der Waals surface area contributed by atoms with E-state index in [2.05, 4.69) is 10.3 Å². The molecule has 24 heavy (non-hydrogen) atoms. The molecular weight excluding hydrogens is 302 g/mol. The van der Waals surface area contributed by atoms with Gasteiger partial charge in [-0.2, -0.15) is 0 Å². The summed E-state index contributed by atoms with van der Waals surface area (Å²) in [6, 6.07) is 6.31. The van der Waals surface area contributed by atoms with Gasteiger partial charge in [0.05, 0.1) is 5.69 Å². The molecule has 1 aliphatic heterocycles. The maximum atomic E-state index is 12.7. The number of rotatable bonds is 2. The summed E-state index contributed by atoms with van der Waals surface area (Å²) in [6.07, 6.45) is 6.46. The number of amides is 2. The van der Waals surface area contributed by atoms with Crippen molar-refractivity contribution in [1.29, 1.82) is 0 Å². The number of nitrogens with one attached hydrogen (secondary N) is 1. The van der Waals surface area contributed by atoms with Crippen LogP contribution in [0.5, 0.6) is 0 Å². The van der Waals surface area contributed by atoms with E-state index >= 15 is 0 Å². The van der Waals surface area contributed by atoms with Crippen LogP contribution < -0.4 is 5.32 Å². The van der Waals surface area contributed by atoms with Crippen LogP contribution in [-0.2, 0) is 0 Å². The van der Waals surface area contributed by atoms with Crippen molar-refractivity contribution in [2.24, 2.45) is 5.92 Å². The van der Waals surface area contributed by atoms with Crippen LogP contribution in [0.1, 0.15) is 36.9 Å². The minimum Gasteiger partial charge on any atom is -0.444 e. The average molecular weight is 325 g/mol. The van der Waals surface area contributed by atoms with E-state index in [-0.39, 0.29) is 6.03 Å². The summed E-state index contributed by atoms with van der Waals surface area (Å²) in [6.45, 7) is 4.82. The summed E-state index contributed by atoms with van der Waals surface area (Å²) in [5.74, 6) is 1.29. The van der Waals surface area contributed by atoms with Crippen molar-refractivity contribution in [1.82, 2.24) is 9.88 Å². The predicted octanol–water partition coefficient (Wildman–Crippen LogP) is 4.36. The van der Waals surface area contributed by atoms with Crippen molar-refractivity contribution < 1.29 is 9.21 Å². The first kappa shape index (κ1) is 15.2. The first-order valence-corrected chi connectivity index (χ1v) is 8.71. The van der Waals surface area contributed by atoms with E-state index in [4.69, 9.17) is 4.42 Å². The van der Waals surface area contributed by atoms with E-state index in [9.17, 15) is 4.79 Å². The van der Waals surface area contributed by atoms with Crippen LogP contribution in [-0.4, -0.2) is 28.5 Å². The summed E-state index contributed by atoms with van der Waals surface area (Å²) in [7, 11) is 0. The number of nitrogens with zero attached hydrogens (tertiary/aromatic N) is 2. The molecule has 2 heterocycles. The largest absolute Gasteiger partial charge is 0.444 e. The summed E-state index contributed by atoms with van der Waals surface area (Å²) in [5, 5.41) is 3.06. The summed E-state index contributed by atoms with van der Waals surface area (Å²) in [5.41, 5.74) is 3.63. The number of urea groups is 1. The molecule has 0 radical (unpaired) electrons. The number of aryl methyl sites for hydroxylation is 2. The molecule has 1 N–H and O–H groups in total. The van der Waals surface area contributed by atoms with Crippen LogP contribution >= 0.6 is 0 Å². The van der Waals surface area contributed by atoms with Gasteiger partial charge in [-0.05, 0) is 56.7 Å². The van der Waals surface area contributed by atoms with Gasteiger partial charge < -0.3 is 14.6 Å². The van der Waals surface area contributed by atoms with Gasteiger partial charge in [0.15, 0.2) is 0 Å². The van der Waals surface area contributed by atoms with E-state index in [1.807, 2.05) is 36.9 Å². The first-order chi connectivity index (χ1) is 11.6. The van der Waals surface area contributed by atoms with E-state index in [1.54, 1.807) is 6.26 Å². The van der Waals surface area contributed by atoms with Gasteiger partial charge in [-0.3, -0.25) is 0 Å². The fourth-order valence-electron chi connectivity index (χ4n) is 3.99. The number of aromatic nitrogens is 1. The molecule has 1 aliphatic carbocycles. The topological polar surface area (TPSA) is 58.4 Å². The number of anilines is 1. The van der Waals surface area contributed by atoms with Crippen LogP contribution in [0.2, 0.25) is 0 Å². The Balaban J connectivity index is 1.53. The van der Waals surface area contributed by atoms with E-state index < -0.39 is 0 Å². The second-order valence-corrected chi connectivity index (χ2v) is 7.09. The number of likely N-dealkylation sites (tertiary alicyclic amines) is 1. The molecule has 2 atom stereocenters. The van der Waals surface area contributed by atoms with Crippen LogP contribution in [0, 0.1) is 19.8 Å². The molecule has 2 bridgehead atoms. The van der Waals surface area contributed by atoms with Crippen molar-refractivity contribution in [3.8, 4) is 11.5 Å². The number of hydrogen-bond donors (Lipinski definition) is 1. The number of oxazole rings is 1. The van der Waals surface area contributed by atoms with Crippen molar-refractivity contribution in [2.45, 2.75) is 45.6 Å². The molecule has 2 aliphatic rings. The van der Waals surface area contributed by atoms with Gasteiger partial charge >= 0.3 is 6.03 Å². The predicted molar refractivity (Wildman–Crippen MR) is 92.9 cm³/mol. The SMILES string of the molecule is Cc1coc(-c2cc(NC(=O)N3C[C@H]4CCC[C@@H]3C4)ccc2C)n1. The normalized spacial score (nSPS) is 22.7. The molecule has 0 spiro atoms. The lowest BCUT2D eigenvalue weighted by Gasteiger charge is -2.25. The highest BCUT2D eigenvalue weighted by Crippen LogP contribution is 2.35. The minimum absolute atomic E-state index is 0.0165. The smallest absolute Gasteiger partial charge is 0.322 e. The number of carbonyl (C=O) groups excluding carboxylic acids is 1. The van der Waals surface area contributed by atoms with Crippen LogP contribution in [0.25, 0.3) is 11.5 Å². The number of benzene rings is 1. The fraction of sp³-hybridized carbons (Fsp3) is 0.474. The Morgan fingerprint density at radius 3 is 2.96 bits per heavy atom. The second-order valence-electron chi connectivity index (χ2n) is 7.09. The molecule has 5 nitrogen and oxygen atoms in total. The molecule has 1 saturated heterocycles. The zero-order chi connectivity index (χ0) is 16.7. The van der Waals surface area contributed by atoms with Gasteiger partial charge in [0, 0.05) is 23.8 Å². The average Bonchev–Trinajstić information content (AvgIpc) is 3.12. The second kappa shape index (κ2) is 5.96. The van der Waals surface area contributed by atoms with Crippen LogP contribution in [0.3, 0.4) is 0 Å². The molecule has 126 valence electrons. The van der Waals surface area contributed by atoms with Gasteiger partial charge in [-0.15, -0.1) is 0 Å². The number of hydrogen-bond acceptors (Lipinski definition) is 3. The van der Waals surface area contributed by atoms with Crippen molar-refractivity contribution in [2.75, 3.05) is 11.9 Å². The maximum absolute atomic E-state index is 12.7. The highest BCUT2D eigenvalue weighted by atomic mass is 16.3. The van der Waals surface area contributed by atoms with E-state index in [0.717, 1.165) is 35.5 Å². The molecule has 1 aromatic carbocycles. The first-order valence-electron chi connectivity index (χ1n) is 8.71. The molecule has 1 aromatic heterocycles. The molecular formula is C19H23N3O2. The number of fused-ring (bicyclic) bond motifs is 2. The number of carbonyl (C=O) groups is 1. The maximum Gasteiger partial charge on any atom is 0.322 e. The lowest BCUT2D eigenvalue weighted by Crippen LogP contribution is -2.38. The van der Waals surface area contributed by atoms with Crippen molar-refractivity contribution in [3.63, 3.8) is 0 Å². The Bertz CT molecular complexity index is 768. The summed E-state index contributed by atoms with van der Waals surface area (Å²) >= 11 is 0. The zero-order valence-electron chi connectivity index (χ0n) is 14.2. The summed E-state index contributed by atoms with van der Waals surface area (Å²) in [4.78, 5) is 19.1. The Morgan fingerprint density at radius 1 is 1.33 bits per heavy atom. The third-order valence-corrected chi connectivity index (χ3v) is 5.25. The molecule has 0 unspecified atom stereocenters. The zero-order valence-corrected chi connectivity index (χ0v) is 14.2. The van der Waals surface area contributed by atoms with Gasteiger partial charge in [-0.1, -0.05) is 12.5 Å². The van der Waals surface area contributed by atoms with Gasteiger partial charge in [0.2, 0.25) is 5.89 Å². The fourth-order valence-corrected chi connectivity index (χ4v) is 3.99. The Labute approximate surface area is 142 Å². The standard InChI is InChI=1S/C19H23N3O2/c1-12-6-7-15(9-17(12)18-20-13(2)11-24-18)21-19(23)22-10-14-4-3-5-16(22)8-14/h6-7,9,11,14,16H,3-5,8,10H2,1-2H3,(H,21,23)/t14-,16+/m0/s1. The molecule has 5 heteroatoms. The summed E-state index contributed by atoms with van der Waals surface area (Å²) < 4.78 is 5.51. The van der Waals surface area contributed by atoms with Crippen molar-refractivity contribution in [3.05, 3.63) is 35.7 Å².